The average Bonchev–Trinajstić information content (AvgIpc) is 2.85. The molecule has 2 rings (SSSR count). The molecule has 2 heterocycles. The molecule has 8 heteroatoms. The molecule has 2 aromatic rings. The molecular weight excluding hydrogens is 266 g/mol. The summed E-state index contributed by atoms with van der Waals surface area (Å²) in [5.41, 5.74) is 0.730. The van der Waals surface area contributed by atoms with Gasteiger partial charge in [-0.1, -0.05) is 20.8 Å². The number of H-pyrrole nitrogens is 1. The zero-order chi connectivity index (χ0) is 14.3. The number of nitrogens with one attached hydrogen (secondary N) is 2. The van der Waals surface area contributed by atoms with Gasteiger partial charge in [-0.15, -0.1) is 0 Å². The van der Waals surface area contributed by atoms with Crippen LogP contribution in [0.15, 0.2) is 23.6 Å². The van der Waals surface area contributed by atoms with Crippen LogP contribution >= 0.6 is 0 Å². The summed E-state index contributed by atoms with van der Waals surface area (Å²) < 4.78 is 28.0. The Morgan fingerprint density at radius 1 is 1.37 bits per heavy atom. The van der Waals surface area contributed by atoms with Crippen molar-refractivity contribution >= 4 is 15.8 Å². The first-order valence-corrected chi connectivity index (χ1v) is 7.23. The van der Waals surface area contributed by atoms with Crippen molar-refractivity contribution in [2.45, 2.75) is 31.2 Å². The van der Waals surface area contributed by atoms with Gasteiger partial charge in [0.05, 0.1) is 6.33 Å². The van der Waals surface area contributed by atoms with Gasteiger partial charge >= 0.3 is 0 Å². The van der Waals surface area contributed by atoms with E-state index in [0.717, 1.165) is 5.69 Å². The predicted molar refractivity (Wildman–Crippen MR) is 71.3 cm³/mol. The number of aromatic nitrogens is 4. The van der Waals surface area contributed by atoms with Gasteiger partial charge in [0.25, 0.3) is 10.0 Å². The number of hydrogen-bond donors (Lipinski definition) is 2. The second-order valence-electron chi connectivity index (χ2n) is 5.40. The van der Waals surface area contributed by atoms with Gasteiger partial charge < -0.3 is 4.57 Å². The first-order chi connectivity index (χ1) is 8.68. The Hall–Kier alpha value is -1.83. The normalized spacial score (nSPS) is 12.6. The van der Waals surface area contributed by atoms with Crippen LogP contribution in [-0.2, 0) is 22.5 Å². The van der Waals surface area contributed by atoms with Gasteiger partial charge in [0, 0.05) is 30.4 Å². The number of aryl methyl sites for hydroxylation is 1. The summed E-state index contributed by atoms with van der Waals surface area (Å²) in [4.78, 5) is 3.81. The van der Waals surface area contributed by atoms with Crippen LogP contribution < -0.4 is 4.72 Å². The van der Waals surface area contributed by atoms with Crippen LogP contribution in [-0.4, -0.2) is 28.2 Å². The molecule has 0 saturated carbocycles. The van der Waals surface area contributed by atoms with Gasteiger partial charge in [-0.05, 0) is 0 Å². The molecule has 0 saturated heterocycles. The third-order valence-corrected chi connectivity index (χ3v) is 3.82. The molecule has 0 bridgehead atoms. The van der Waals surface area contributed by atoms with Gasteiger partial charge in [0.1, 0.15) is 0 Å². The van der Waals surface area contributed by atoms with E-state index in [1.54, 1.807) is 17.7 Å². The molecular formula is C11H17N5O2S. The number of sulfonamides is 1. The molecule has 2 aromatic heterocycles. The molecule has 0 amide bonds. The van der Waals surface area contributed by atoms with E-state index in [9.17, 15) is 8.42 Å². The van der Waals surface area contributed by atoms with E-state index in [4.69, 9.17) is 0 Å². The summed E-state index contributed by atoms with van der Waals surface area (Å²) in [6.45, 7) is 6.03. The quantitative estimate of drug-likeness (QED) is 0.886. The lowest BCUT2D eigenvalue weighted by molar-refractivity contribution is 0.567. The van der Waals surface area contributed by atoms with E-state index < -0.39 is 10.0 Å². The topological polar surface area (TPSA) is 92.7 Å². The van der Waals surface area contributed by atoms with Gasteiger partial charge in [-0.2, -0.15) is 13.5 Å². The van der Waals surface area contributed by atoms with E-state index in [-0.39, 0.29) is 16.3 Å². The molecule has 7 nitrogen and oxygen atoms in total. The van der Waals surface area contributed by atoms with Crippen molar-refractivity contribution in [3.8, 4) is 0 Å². The standard InChI is InChI=1S/C11H17N5O2S/c1-11(2,3)8-5-9(14-13-8)15-19(17,18)10-6-16(4)7-12-10/h5-7H,1-4H3,(H2,13,14,15). The first kappa shape index (κ1) is 13.6. The maximum Gasteiger partial charge on any atom is 0.282 e. The Morgan fingerprint density at radius 3 is 2.53 bits per heavy atom. The number of rotatable bonds is 3. The van der Waals surface area contributed by atoms with Crippen molar-refractivity contribution in [1.82, 2.24) is 19.7 Å². The highest BCUT2D eigenvalue weighted by atomic mass is 32.2. The van der Waals surface area contributed by atoms with Crippen LogP contribution in [0.25, 0.3) is 0 Å². The largest absolute Gasteiger partial charge is 0.339 e. The lowest BCUT2D eigenvalue weighted by atomic mass is 9.92. The number of anilines is 1. The van der Waals surface area contributed by atoms with Gasteiger partial charge in [-0.3, -0.25) is 9.82 Å². The lowest BCUT2D eigenvalue weighted by Gasteiger charge is -2.14. The van der Waals surface area contributed by atoms with Crippen LogP contribution in [0.5, 0.6) is 0 Å². The van der Waals surface area contributed by atoms with Crippen LogP contribution in [0.2, 0.25) is 0 Å². The summed E-state index contributed by atoms with van der Waals surface area (Å²) in [7, 11) is -1.98. The Kier molecular flexibility index (Phi) is 3.13. The fourth-order valence-corrected chi connectivity index (χ4v) is 2.45. The molecule has 0 aliphatic carbocycles. The van der Waals surface area contributed by atoms with Crippen molar-refractivity contribution < 1.29 is 8.42 Å². The molecule has 104 valence electrons. The van der Waals surface area contributed by atoms with Crippen LogP contribution in [0.3, 0.4) is 0 Å². The molecule has 0 fully saturated rings. The maximum atomic E-state index is 12.0. The van der Waals surface area contributed by atoms with Crippen molar-refractivity contribution in [3.63, 3.8) is 0 Å². The fourth-order valence-electron chi connectivity index (χ4n) is 1.48. The maximum absolute atomic E-state index is 12.0. The van der Waals surface area contributed by atoms with E-state index in [0.29, 0.717) is 0 Å². The lowest BCUT2D eigenvalue weighted by Crippen LogP contribution is -2.14. The minimum atomic E-state index is -3.69. The summed E-state index contributed by atoms with van der Waals surface area (Å²) >= 11 is 0. The smallest absolute Gasteiger partial charge is 0.282 e. The number of nitrogens with zero attached hydrogens (tertiary/aromatic N) is 3. The van der Waals surface area contributed by atoms with Crippen molar-refractivity contribution in [3.05, 3.63) is 24.3 Å². The first-order valence-electron chi connectivity index (χ1n) is 5.75. The highest BCUT2D eigenvalue weighted by Crippen LogP contribution is 2.22. The minimum absolute atomic E-state index is 0.0321. The van der Waals surface area contributed by atoms with Gasteiger partial charge in [0.15, 0.2) is 10.8 Å². The van der Waals surface area contributed by atoms with Crippen molar-refractivity contribution in [2.75, 3.05) is 4.72 Å². The summed E-state index contributed by atoms with van der Waals surface area (Å²) in [5, 5.41) is 6.74. The zero-order valence-electron chi connectivity index (χ0n) is 11.3. The summed E-state index contributed by atoms with van der Waals surface area (Å²) in [6.07, 6.45) is 2.86. The molecule has 19 heavy (non-hydrogen) atoms. The molecule has 0 aromatic carbocycles. The van der Waals surface area contributed by atoms with Crippen LogP contribution in [0.4, 0.5) is 5.82 Å². The Labute approximate surface area is 112 Å². The number of imidazole rings is 1. The minimum Gasteiger partial charge on any atom is -0.339 e. The van der Waals surface area contributed by atoms with Gasteiger partial charge in [-0.25, -0.2) is 4.98 Å². The monoisotopic (exact) mass is 283 g/mol. The second-order valence-corrected chi connectivity index (χ2v) is 7.03. The molecule has 0 radical (unpaired) electrons. The fraction of sp³-hybridized carbons (Fsp3) is 0.455. The SMILES string of the molecule is Cn1cnc(S(=O)(=O)Nc2cc(C(C)(C)C)[nH]n2)c1. The molecule has 2 N–H and O–H groups in total. The van der Waals surface area contributed by atoms with Crippen LogP contribution in [0, 0.1) is 0 Å². The zero-order valence-corrected chi connectivity index (χ0v) is 12.1. The third-order valence-electron chi connectivity index (χ3n) is 2.58. The summed E-state index contributed by atoms with van der Waals surface area (Å²) in [6, 6.07) is 1.68. The number of hydrogen-bond acceptors (Lipinski definition) is 4. The summed E-state index contributed by atoms with van der Waals surface area (Å²) in [5.74, 6) is 0.260. The third kappa shape index (κ3) is 2.95. The van der Waals surface area contributed by atoms with E-state index in [1.165, 1.54) is 12.5 Å². The van der Waals surface area contributed by atoms with Crippen molar-refractivity contribution in [2.24, 2.45) is 7.05 Å². The van der Waals surface area contributed by atoms with E-state index in [2.05, 4.69) is 19.9 Å². The van der Waals surface area contributed by atoms with Gasteiger partial charge in [0.2, 0.25) is 0 Å². The molecule has 0 aliphatic rings. The predicted octanol–water partition coefficient (Wildman–Crippen LogP) is 1.24. The van der Waals surface area contributed by atoms with Crippen molar-refractivity contribution in [1.29, 1.82) is 0 Å². The molecule has 0 unspecified atom stereocenters. The average molecular weight is 283 g/mol. The number of aromatic amines is 1. The Balaban J connectivity index is 2.24. The highest BCUT2D eigenvalue weighted by molar-refractivity contribution is 7.92. The second kappa shape index (κ2) is 4.37. The molecule has 0 aliphatic heterocycles. The molecule has 0 spiro atoms. The highest BCUT2D eigenvalue weighted by Gasteiger charge is 2.21. The Bertz CT molecular complexity index is 678. The van der Waals surface area contributed by atoms with Crippen LogP contribution in [0.1, 0.15) is 26.5 Å². The Morgan fingerprint density at radius 2 is 2.05 bits per heavy atom. The molecule has 0 atom stereocenters. The van der Waals surface area contributed by atoms with E-state index in [1.807, 2.05) is 20.8 Å². The van der Waals surface area contributed by atoms with E-state index >= 15 is 0 Å².